The van der Waals surface area contributed by atoms with Crippen molar-refractivity contribution in [2.45, 2.75) is 6.42 Å². The molecule has 1 aromatic carbocycles. The van der Waals surface area contributed by atoms with Gasteiger partial charge in [0.25, 0.3) is 0 Å². The first-order chi connectivity index (χ1) is 12.4. The van der Waals surface area contributed by atoms with E-state index in [4.69, 9.17) is 13.9 Å². The summed E-state index contributed by atoms with van der Waals surface area (Å²) in [6.45, 7) is 0.730. The van der Waals surface area contributed by atoms with Crippen LogP contribution in [0.15, 0.2) is 63.9 Å². The number of aromatic nitrogens is 2. The molecule has 0 saturated heterocycles. The summed E-state index contributed by atoms with van der Waals surface area (Å²) in [5.74, 6) is 1.94. The van der Waals surface area contributed by atoms with Crippen LogP contribution in [0, 0.1) is 0 Å². The van der Waals surface area contributed by atoms with Crippen LogP contribution >= 0.6 is 0 Å². The molecule has 0 spiro atoms. The Bertz CT molecular complexity index is 962. The van der Waals surface area contributed by atoms with E-state index in [1.54, 1.807) is 6.26 Å². The molecule has 0 atom stereocenters. The molecule has 4 rings (SSSR count). The highest BCUT2D eigenvalue weighted by Crippen LogP contribution is 2.42. The van der Waals surface area contributed by atoms with Gasteiger partial charge in [0.2, 0.25) is 5.71 Å². The van der Waals surface area contributed by atoms with Crippen molar-refractivity contribution in [1.29, 1.82) is 0 Å². The van der Waals surface area contributed by atoms with Crippen LogP contribution in [0.25, 0.3) is 33.7 Å². The number of furan rings is 2. The Kier molecular flexibility index (Phi) is 4.18. The van der Waals surface area contributed by atoms with Gasteiger partial charge in [-0.25, -0.2) is 9.97 Å². The first kappa shape index (κ1) is 15.4. The van der Waals surface area contributed by atoms with E-state index in [9.17, 15) is 0 Å². The number of aliphatic hydroxyl groups is 1. The number of fused-ring (bicyclic) bond motifs is 1. The monoisotopic (exact) mass is 335 g/mol. The smallest absolute Gasteiger partial charge is 0.232 e. The number of hydrogen-bond donors (Lipinski definition) is 2. The topological polar surface area (TPSA) is 84.3 Å². The van der Waals surface area contributed by atoms with Crippen LogP contribution in [0.1, 0.15) is 6.42 Å². The summed E-state index contributed by atoms with van der Waals surface area (Å²) in [5, 5.41) is 13.1. The van der Waals surface area contributed by atoms with E-state index < -0.39 is 0 Å². The SMILES string of the molecule is OCCCNc1ncnc2oc(-c3ccco3)c(-c3ccccc3)c12. The Morgan fingerprint density at radius 3 is 2.68 bits per heavy atom. The Labute approximate surface area is 144 Å². The van der Waals surface area contributed by atoms with Gasteiger partial charge in [-0.15, -0.1) is 0 Å². The minimum absolute atomic E-state index is 0.121. The van der Waals surface area contributed by atoms with Gasteiger partial charge in [-0.2, -0.15) is 0 Å². The van der Waals surface area contributed by atoms with E-state index in [2.05, 4.69) is 15.3 Å². The Morgan fingerprint density at radius 2 is 1.92 bits per heavy atom. The number of hydrogen-bond acceptors (Lipinski definition) is 6. The summed E-state index contributed by atoms with van der Waals surface area (Å²) in [4.78, 5) is 8.64. The molecule has 0 amide bonds. The summed E-state index contributed by atoms with van der Waals surface area (Å²) < 4.78 is 11.6. The van der Waals surface area contributed by atoms with Crippen molar-refractivity contribution in [2.75, 3.05) is 18.5 Å². The van der Waals surface area contributed by atoms with Crippen molar-refractivity contribution in [3.8, 4) is 22.6 Å². The number of nitrogens with one attached hydrogen (secondary N) is 1. The summed E-state index contributed by atoms with van der Waals surface area (Å²) in [6.07, 6.45) is 3.71. The third kappa shape index (κ3) is 2.88. The fraction of sp³-hybridized carbons (Fsp3) is 0.158. The molecule has 3 aromatic heterocycles. The van der Waals surface area contributed by atoms with Crippen LogP contribution < -0.4 is 5.32 Å². The van der Waals surface area contributed by atoms with Gasteiger partial charge < -0.3 is 19.3 Å². The maximum absolute atomic E-state index is 9.02. The summed E-state index contributed by atoms with van der Waals surface area (Å²) in [7, 11) is 0. The van der Waals surface area contributed by atoms with Crippen molar-refractivity contribution >= 4 is 16.9 Å². The molecule has 4 aromatic rings. The zero-order chi connectivity index (χ0) is 17.1. The number of aliphatic hydroxyl groups excluding tert-OH is 1. The van der Waals surface area contributed by atoms with E-state index in [1.807, 2.05) is 42.5 Å². The first-order valence-corrected chi connectivity index (χ1v) is 8.10. The molecule has 6 heteroatoms. The van der Waals surface area contributed by atoms with Gasteiger partial charge in [-0.1, -0.05) is 30.3 Å². The molecule has 0 bridgehead atoms. The Hall–Kier alpha value is -3.12. The third-order valence-electron chi connectivity index (χ3n) is 3.92. The highest BCUT2D eigenvalue weighted by molar-refractivity contribution is 6.05. The maximum Gasteiger partial charge on any atom is 0.232 e. The van der Waals surface area contributed by atoms with E-state index in [-0.39, 0.29) is 6.61 Å². The molecule has 0 aliphatic carbocycles. The summed E-state index contributed by atoms with van der Waals surface area (Å²) in [6, 6.07) is 13.6. The van der Waals surface area contributed by atoms with Crippen molar-refractivity contribution in [1.82, 2.24) is 9.97 Å². The first-order valence-electron chi connectivity index (χ1n) is 8.10. The fourth-order valence-electron chi connectivity index (χ4n) is 2.81. The standard InChI is InChI=1S/C19H17N3O3/c23-10-5-9-20-18-16-15(13-6-2-1-3-7-13)17(14-8-4-11-24-14)25-19(16)22-12-21-18/h1-4,6-8,11-12,23H,5,9-10H2,(H,20,21,22). The molecule has 126 valence electrons. The molecule has 3 heterocycles. The average Bonchev–Trinajstić information content (AvgIpc) is 3.30. The van der Waals surface area contributed by atoms with Gasteiger partial charge in [0.05, 0.1) is 11.6 Å². The lowest BCUT2D eigenvalue weighted by Gasteiger charge is -2.07. The molecule has 6 nitrogen and oxygen atoms in total. The minimum Gasteiger partial charge on any atom is -0.461 e. The molecular formula is C19H17N3O3. The van der Waals surface area contributed by atoms with Gasteiger partial charge in [-0.05, 0) is 24.1 Å². The quantitative estimate of drug-likeness (QED) is 0.519. The number of nitrogens with zero attached hydrogens (tertiary/aromatic N) is 2. The average molecular weight is 335 g/mol. The lowest BCUT2D eigenvalue weighted by Crippen LogP contribution is -2.05. The lowest BCUT2D eigenvalue weighted by atomic mass is 10.0. The summed E-state index contributed by atoms with van der Waals surface area (Å²) >= 11 is 0. The Balaban J connectivity index is 1.95. The molecule has 0 saturated carbocycles. The van der Waals surface area contributed by atoms with Gasteiger partial charge in [0.1, 0.15) is 12.1 Å². The highest BCUT2D eigenvalue weighted by Gasteiger charge is 2.23. The molecule has 25 heavy (non-hydrogen) atoms. The number of benzene rings is 1. The van der Waals surface area contributed by atoms with E-state index >= 15 is 0 Å². The van der Waals surface area contributed by atoms with Crippen LogP contribution in [0.2, 0.25) is 0 Å². The number of rotatable bonds is 6. The molecule has 0 unspecified atom stereocenters. The normalized spacial score (nSPS) is 11.1. The maximum atomic E-state index is 9.02. The predicted octanol–water partition coefficient (Wildman–Crippen LogP) is 3.94. The van der Waals surface area contributed by atoms with Gasteiger partial charge in [-0.3, -0.25) is 0 Å². The molecule has 2 N–H and O–H groups in total. The second-order valence-corrected chi connectivity index (χ2v) is 5.56. The van der Waals surface area contributed by atoms with E-state index in [0.29, 0.717) is 36.0 Å². The van der Waals surface area contributed by atoms with Gasteiger partial charge >= 0.3 is 0 Å². The third-order valence-corrected chi connectivity index (χ3v) is 3.92. The van der Waals surface area contributed by atoms with Gasteiger partial charge in [0.15, 0.2) is 11.5 Å². The van der Waals surface area contributed by atoms with Crippen molar-refractivity contribution in [3.05, 3.63) is 55.1 Å². The van der Waals surface area contributed by atoms with Crippen LogP contribution in [0.3, 0.4) is 0 Å². The zero-order valence-electron chi connectivity index (χ0n) is 13.5. The molecule has 0 fully saturated rings. The molecular weight excluding hydrogens is 318 g/mol. The zero-order valence-corrected chi connectivity index (χ0v) is 13.5. The van der Waals surface area contributed by atoms with Crippen molar-refractivity contribution < 1.29 is 13.9 Å². The van der Waals surface area contributed by atoms with Crippen molar-refractivity contribution in [2.24, 2.45) is 0 Å². The van der Waals surface area contributed by atoms with E-state index in [1.165, 1.54) is 6.33 Å². The second kappa shape index (κ2) is 6.78. The Morgan fingerprint density at radius 1 is 1.04 bits per heavy atom. The summed E-state index contributed by atoms with van der Waals surface area (Å²) in [5.41, 5.74) is 2.37. The van der Waals surface area contributed by atoms with Crippen molar-refractivity contribution in [3.63, 3.8) is 0 Å². The fourth-order valence-corrected chi connectivity index (χ4v) is 2.81. The van der Waals surface area contributed by atoms with Crippen LogP contribution in [0.4, 0.5) is 5.82 Å². The molecule has 0 aliphatic rings. The molecule has 0 aliphatic heterocycles. The predicted molar refractivity (Wildman–Crippen MR) is 95.1 cm³/mol. The second-order valence-electron chi connectivity index (χ2n) is 5.56. The molecule has 0 radical (unpaired) electrons. The van der Waals surface area contributed by atoms with Gasteiger partial charge in [0, 0.05) is 18.7 Å². The van der Waals surface area contributed by atoms with Crippen LogP contribution in [-0.4, -0.2) is 28.2 Å². The van der Waals surface area contributed by atoms with Crippen LogP contribution in [-0.2, 0) is 0 Å². The largest absolute Gasteiger partial charge is 0.461 e. The minimum atomic E-state index is 0.121. The highest BCUT2D eigenvalue weighted by atomic mass is 16.4. The van der Waals surface area contributed by atoms with Crippen LogP contribution in [0.5, 0.6) is 0 Å². The van der Waals surface area contributed by atoms with E-state index in [0.717, 1.165) is 16.5 Å². The lowest BCUT2D eigenvalue weighted by molar-refractivity contribution is 0.292. The number of anilines is 1.